The van der Waals surface area contributed by atoms with E-state index in [2.05, 4.69) is 36.2 Å². The van der Waals surface area contributed by atoms with Crippen LogP contribution in [0.15, 0.2) is 42.6 Å². The second-order valence-corrected chi connectivity index (χ2v) is 4.56. The lowest BCUT2D eigenvalue weighted by Crippen LogP contribution is -1.93. The molecule has 0 fully saturated rings. The van der Waals surface area contributed by atoms with E-state index in [9.17, 15) is 4.39 Å². The second kappa shape index (κ2) is 6.29. The number of benzene rings is 1. The fourth-order valence-corrected chi connectivity index (χ4v) is 2.00. The normalized spacial score (nSPS) is 10.6. The van der Waals surface area contributed by atoms with Crippen LogP contribution in [0.1, 0.15) is 30.0 Å². The van der Waals surface area contributed by atoms with Gasteiger partial charge < -0.3 is 0 Å². The Labute approximate surface area is 108 Å². The molecule has 0 radical (unpaired) electrons. The average Bonchev–Trinajstić information content (AvgIpc) is 2.40. The maximum Gasteiger partial charge on any atom is 0.212 e. The van der Waals surface area contributed by atoms with E-state index >= 15 is 0 Å². The van der Waals surface area contributed by atoms with Gasteiger partial charge in [0, 0.05) is 6.20 Å². The molecule has 94 valence electrons. The van der Waals surface area contributed by atoms with Crippen LogP contribution < -0.4 is 0 Å². The Kier molecular flexibility index (Phi) is 4.46. The van der Waals surface area contributed by atoms with Crippen LogP contribution in [-0.4, -0.2) is 4.98 Å². The number of rotatable bonds is 5. The molecule has 0 atom stereocenters. The smallest absolute Gasteiger partial charge is 0.212 e. The van der Waals surface area contributed by atoms with Gasteiger partial charge in [-0.3, -0.25) is 0 Å². The van der Waals surface area contributed by atoms with E-state index in [-0.39, 0.29) is 0 Å². The summed E-state index contributed by atoms with van der Waals surface area (Å²) in [6, 6.07) is 12.0. The quantitative estimate of drug-likeness (QED) is 0.724. The summed E-state index contributed by atoms with van der Waals surface area (Å²) in [7, 11) is 0. The number of hydrogen-bond donors (Lipinski definition) is 0. The number of halogens is 1. The van der Waals surface area contributed by atoms with Crippen LogP contribution in [0.25, 0.3) is 0 Å². The first-order chi connectivity index (χ1) is 8.78. The summed E-state index contributed by atoms with van der Waals surface area (Å²) in [4.78, 5) is 3.66. The number of hydrogen-bond acceptors (Lipinski definition) is 1. The maximum atomic E-state index is 12.7. The Hall–Kier alpha value is -1.70. The standard InChI is InChI=1S/C16H18FN/c1-2-3-13-4-6-14(7-5-13)8-9-15-10-11-16(17)18-12-15/h4-7,10-12H,2-3,8-9H2,1H3. The Morgan fingerprint density at radius 1 is 0.833 bits per heavy atom. The third-order valence-corrected chi connectivity index (χ3v) is 3.05. The van der Waals surface area contributed by atoms with Crippen LogP contribution in [0.2, 0.25) is 0 Å². The van der Waals surface area contributed by atoms with Crippen molar-refractivity contribution in [2.24, 2.45) is 0 Å². The summed E-state index contributed by atoms with van der Waals surface area (Å²) in [6.07, 6.45) is 5.81. The highest BCUT2D eigenvalue weighted by Gasteiger charge is 1.98. The summed E-state index contributed by atoms with van der Waals surface area (Å²) in [5, 5.41) is 0. The van der Waals surface area contributed by atoms with Crippen LogP contribution in [0.4, 0.5) is 4.39 Å². The minimum absolute atomic E-state index is 0.414. The molecule has 0 N–H and O–H groups in total. The highest BCUT2D eigenvalue weighted by Crippen LogP contribution is 2.10. The van der Waals surface area contributed by atoms with Gasteiger partial charge in [-0.1, -0.05) is 43.7 Å². The van der Waals surface area contributed by atoms with E-state index < -0.39 is 5.95 Å². The van der Waals surface area contributed by atoms with Crippen LogP contribution >= 0.6 is 0 Å². The highest BCUT2D eigenvalue weighted by molar-refractivity contribution is 5.24. The summed E-state index contributed by atoms with van der Waals surface area (Å²) < 4.78 is 12.7. The lowest BCUT2D eigenvalue weighted by atomic mass is 10.0. The predicted molar refractivity (Wildman–Crippen MR) is 72.0 cm³/mol. The van der Waals surface area contributed by atoms with Gasteiger partial charge >= 0.3 is 0 Å². The molecule has 0 aliphatic carbocycles. The maximum absolute atomic E-state index is 12.7. The third-order valence-electron chi connectivity index (χ3n) is 3.05. The van der Waals surface area contributed by atoms with Crippen molar-refractivity contribution in [2.45, 2.75) is 32.6 Å². The Morgan fingerprint density at radius 3 is 1.94 bits per heavy atom. The summed E-state index contributed by atoms with van der Waals surface area (Å²) in [5.41, 5.74) is 3.79. The van der Waals surface area contributed by atoms with Crippen molar-refractivity contribution in [3.63, 3.8) is 0 Å². The monoisotopic (exact) mass is 243 g/mol. The molecule has 2 heteroatoms. The third kappa shape index (κ3) is 3.66. The van der Waals surface area contributed by atoms with Crippen molar-refractivity contribution in [1.82, 2.24) is 4.98 Å². The van der Waals surface area contributed by atoms with Crippen LogP contribution in [0, 0.1) is 5.95 Å². The molecule has 1 nitrogen and oxygen atoms in total. The molecular weight excluding hydrogens is 225 g/mol. The SMILES string of the molecule is CCCc1ccc(CCc2ccc(F)nc2)cc1. The zero-order valence-corrected chi connectivity index (χ0v) is 10.7. The molecule has 0 spiro atoms. The molecule has 0 bridgehead atoms. The molecule has 1 aromatic carbocycles. The average molecular weight is 243 g/mol. The van der Waals surface area contributed by atoms with Crippen LogP contribution in [0.5, 0.6) is 0 Å². The first kappa shape index (κ1) is 12.7. The van der Waals surface area contributed by atoms with Gasteiger partial charge in [0.05, 0.1) is 0 Å². The van der Waals surface area contributed by atoms with Crippen molar-refractivity contribution in [3.8, 4) is 0 Å². The van der Waals surface area contributed by atoms with Crippen molar-refractivity contribution in [1.29, 1.82) is 0 Å². The Morgan fingerprint density at radius 2 is 1.39 bits per heavy atom. The van der Waals surface area contributed by atoms with E-state index in [0.717, 1.165) is 24.8 Å². The molecule has 1 aromatic heterocycles. The van der Waals surface area contributed by atoms with Gasteiger partial charge in [-0.25, -0.2) is 4.98 Å². The van der Waals surface area contributed by atoms with Gasteiger partial charge in [0.25, 0.3) is 0 Å². The summed E-state index contributed by atoms with van der Waals surface area (Å²) >= 11 is 0. The molecule has 0 unspecified atom stereocenters. The van der Waals surface area contributed by atoms with Gasteiger partial charge in [0.15, 0.2) is 0 Å². The molecule has 2 aromatic rings. The minimum atomic E-state index is -0.414. The first-order valence-corrected chi connectivity index (χ1v) is 6.46. The second-order valence-electron chi connectivity index (χ2n) is 4.56. The van der Waals surface area contributed by atoms with Gasteiger partial charge in [0.2, 0.25) is 5.95 Å². The van der Waals surface area contributed by atoms with Crippen LogP contribution in [-0.2, 0) is 19.3 Å². The van der Waals surface area contributed by atoms with Gasteiger partial charge in [0.1, 0.15) is 0 Å². The predicted octanol–water partition coefficient (Wildman–Crippen LogP) is 3.96. The zero-order chi connectivity index (χ0) is 12.8. The molecular formula is C16H18FN. The molecule has 0 aliphatic rings. The van der Waals surface area contributed by atoms with Crippen molar-refractivity contribution < 1.29 is 4.39 Å². The lowest BCUT2D eigenvalue weighted by Gasteiger charge is -2.04. The fourth-order valence-electron chi connectivity index (χ4n) is 2.00. The lowest BCUT2D eigenvalue weighted by molar-refractivity contribution is 0.582. The fraction of sp³-hybridized carbons (Fsp3) is 0.312. The van der Waals surface area contributed by atoms with Crippen molar-refractivity contribution in [3.05, 3.63) is 65.2 Å². The highest BCUT2D eigenvalue weighted by atomic mass is 19.1. The molecule has 0 saturated heterocycles. The van der Waals surface area contributed by atoms with Crippen molar-refractivity contribution in [2.75, 3.05) is 0 Å². The number of aromatic nitrogens is 1. The van der Waals surface area contributed by atoms with Gasteiger partial charge in [-0.2, -0.15) is 4.39 Å². The van der Waals surface area contributed by atoms with E-state index in [1.165, 1.54) is 23.6 Å². The molecule has 0 amide bonds. The van der Waals surface area contributed by atoms with Gasteiger partial charge in [-0.15, -0.1) is 0 Å². The number of aryl methyl sites for hydroxylation is 3. The van der Waals surface area contributed by atoms with E-state index in [4.69, 9.17) is 0 Å². The van der Waals surface area contributed by atoms with Crippen LogP contribution in [0.3, 0.4) is 0 Å². The molecule has 18 heavy (non-hydrogen) atoms. The summed E-state index contributed by atoms with van der Waals surface area (Å²) in [5.74, 6) is -0.414. The zero-order valence-electron chi connectivity index (χ0n) is 10.7. The molecule has 1 heterocycles. The molecule has 0 saturated carbocycles. The van der Waals surface area contributed by atoms with E-state index in [1.54, 1.807) is 12.3 Å². The minimum Gasteiger partial charge on any atom is -0.228 e. The topological polar surface area (TPSA) is 12.9 Å². The largest absolute Gasteiger partial charge is 0.228 e. The Bertz CT molecular complexity index is 473. The van der Waals surface area contributed by atoms with E-state index in [1.807, 2.05) is 0 Å². The van der Waals surface area contributed by atoms with E-state index in [0.29, 0.717) is 0 Å². The number of pyridine rings is 1. The Balaban J connectivity index is 1.91. The van der Waals surface area contributed by atoms with Crippen molar-refractivity contribution >= 4 is 0 Å². The molecule has 0 aliphatic heterocycles. The number of nitrogens with zero attached hydrogens (tertiary/aromatic N) is 1. The van der Waals surface area contributed by atoms with Gasteiger partial charge in [-0.05, 0) is 42.0 Å². The summed E-state index contributed by atoms with van der Waals surface area (Å²) in [6.45, 7) is 2.19. The first-order valence-electron chi connectivity index (χ1n) is 6.46. The molecule has 2 rings (SSSR count).